The average Bonchev–Trinajstić information content (AvgIpc) is 2.36. The van der Waals surface area contributed by atoms with Gasteiger partial charge in [-0.2, -0.15) is 0 Å². The number of halogens is 2. The monoisotopic (exact) mass is 338 g/mol. The quantitative estimate of drug-likeness (QED) is 0.892. The number of methoxy groups -OCH3 is 1. The largest absolute Gasteiger partial charge is 0.494 e. The molecule has 0 aliphatic heterocycles. The molecule has 1 aromatic rings. The summed E-state index contributed by atoms with van der Waals surface area (Å²) in [6.07, 6.45) is 0. The van der Waals surface area contributed by atoms with E-state index in [1.54, 1.807) is 6.92 Å². The molecule has 0 saturated carbocycles. The van der Waals surface area contributed by atoms with E-state index in [9.17, 15) is 13.2 Å². The van der Waals surface area contributed by atoms with E-state index in [-0.39, 0.29) is 27.0 Å². The highest BCUT2D eigenvalue weighted by molar-refractivity contribution is 7.91. The molecule has 0 saturated heterocycles. The highest BCUT2D eigenvalue weighted by Crippen LogP contribution is 2.33. The number of hydrogen-bond donors (Lipinski definition) is 1. The van der Waals surface area contributed by atoms with Gasteiger partial charge in [0.15, 0.2) is 15.6 Å². The lowest BCUT2D eigenvalue weighted by molar-refractivity contribution is 0.0693. The number of carboxylic acid groups (broad SMARTS) is 1. The number of ether oxygens (including phenoxy) is 1. The van der Waals surface area contributed by atoms with Crippen LogP contribution in [0.15, 0.2) is 28.1 Å². The minimum Gasteiger partial charge on any atom is -0.494 e. The molecule has 0 fully saturated rings. The molecule has 5 nitrogen and oxygen atoms in total. The molecule has 1 N–H and O–H groups in total. The molecule has 0 amide bonds. The molecule has 0 spiro atoms. The van der Waals surface area contributed by atoms with Crippen molar-refractivity contribution >= 4 is 39.0 Å². The lowest BCUT2D eigenvalue weighted by Crippen LogP contribution is -2.12. The van der Waals surface area contributed by atoms with E-state index in [2.05, 4.69) is 0 Å². The predicted molar refractivity (Wildman–Crippen MR) is 76.6 cm³/mol. The standard InChI is InChI=1S/C12H12Cl2O5S/c1-7(5-13)6-20(17,18)10-4-8(14)3-9(12(15)16)11(10)19-2/h3-5H,6H2,1-2H3,(H,15,16). The van der Waals surface area contributed by atoms with Gasteiger partial charge in [0.1, 0.15) is 10.5 Å². The fourth-order valence-corrected chi connectivity index (χ4v) is 3.65. The molecule has 0 atom stereocenters. The summed E-state index contributed by atoms with van der Waals surface area (Å²) in [5, 5.41) is 9.07. The zero-order valence-electron chi connectivity index (χ0n) is 10.7. The fraction of sp³-hybridized carbons (Fsp3) is 0.250. The Morgan fingerprint density at radius 2 is 2.05 bits per heavy atom. The van der Waals surface area contributed by atoms with Gasteiger partial charge in [-0.05, 0) is 24.6 Å². The number of aromatic carboxylic acids is 1. The highest BCUT2D eigenvalue weighted by Gasteiger charge is 2.26. The number of carbonyl (C=O) groups is 1. The van der Waals surface area contributed by atoms with Gasteiger partial charge in [0.05, 0.1) is 12.9 Å². The second-order valence-electron chi connectivity index (χ2n) is 4.00. The van der Waals surface area contributed by atoms with Crippen molar-refractivity contribution in [3.63, 3.8) is 0 Å². The Labute approximate surface area is 126 Å². The van der Waals surface area contributed by atoms with Crippen LogP contribution in [0.2, 0.25) is 5.02 Å². The van der Waals surface area contributed by atoms with Crippen molar-refractivity contribution in [1.29, 1.82) is 0 Å². The van der Waals surface area contributed by atoms with Gasteiger partial charge in [-0.25, -0.2) is 13.2 Å². The van der Waals surface area contributed by atoms with Crippen molar-refractivity contribution in [1.82, 2.24) is 0 Å². The maximum Gasteiger partial charge on any atom is 0.339 e. The third-order valence-corrected chi connectivity index (χ3v) is 4.79. The van der Waals surface area contributed by atoms with E-state index < -0.39 is 15.8 Å². The van der Waals surface area contributed by atoms with Crippen LogP contribution in [0.4, 0.5) is 0 Å². The van der Waals surface area contributed by atoms with Gasteiger partial charge >= 0.3 is 5.97 Å². The first-order valence-corrected chi connectivity index (χ1v) is 7.79. The summed E-state index contributed by atoms with van der Waals surface area (Å²) < 4.78 is 29.5. The van der Waals surface area contributed by atoms with E-state index in [0.717, 1.165) is 17.7 Å². The molecule has 1 aromatic carbocycles. The van der Waals surface area contributed by atoms with E-state index in [0.29, 0.717) is 5.57 Å². The number of rotatable bonds is 5. The third-order valence-electron chi connectivity index (χ3n) is 2.39. The number of sulfone groups is 1. The molecule has 8 heteroatoms. The Bertz CT molecular complexity index is 665. The summed E-state index contributed by atoms with van der Waals surface area (Å²) in [5.41, 5.74) is 1.24. The first-order chi connectivity index (χ1) is 9.22. The summed E-state index contributed by atoms with van der Waals surface area (Å²) in [6, 6.07) is 2.29. The van der Waals surface area contributed by atoms with Crippen LogP contribution in [0.5, 0.6) is 5.75 Å². The van der Waals surface area contributed by atoms with Crippen LogP contribution >= 0.6 is 23.2 Å². The van der Waals surface area contributed by atoms with Gasteiger partial charge in [0, 0.05) is 10.6 Å². The zero-order chi connectivity index (χ0) is 15.5. The molecule has 110 valence electrons. The minimum atomic E-state index is -3.82. The third kappa shape index (κ3) is 3.65. The van der Waals surface area contributed by atoms with Crippen molar-refractivity contribution < 1.29 is 23.1 Å². The second kappa shape index (κ2) is 6.47. The molecule has 1 rings (SSSR count). The Morgan fingerprint density at radius 1 is 1.45 bits per heavy atom. The molecule has 0 bridgehead atoms. The van der Waals surface area contributed by atoms with Crippen molar-refractivity contribution in [2.45, 2.75) is 11.8 Å². The summed E-state index contributed by atoms with van der Waals surface area (Å²) in [7, 11) is -2.63. The van der Waals surface area contributed by atoms with Crippen LogP contribution in [0.1, 0.15) is 17.3 Å². The van der Waals surface area contributed by atoms with Crippen LogP contribution in [-0.2, 0) is 9.84 Å². The Kier molecular flexibility index (Phi) is 5.44. The molecule has 0 aliphatic carbocycles. The molecule has 0 aliphatic rings. The van der Waals surface area contributed by atoms with Gasteiger partial charge in [0.25, 0.3) is 0 Å². The lowest BCUT2D eigenvalue weighted by Gasteiger charge is -2.12. The lowest BCUT2D eigenvalue weighted by atomic mass is 10.2. The highest BCUT2D eigenvalue weighted by atomic mass is 35.5. The Balaban J connectivity index is 3.56. The van der Waals surface area contributed by atoms with Gasteiger partial charge in [0.2, 0.25) is 0 Å². The molecule has 0 unspecified atom stereocenters. The average molecular weight is 339 g/mol. The zero-order valence-corrected chi connectivity index (χ0v) is 13.0. The normalized spacial score (nSPS) is 12.3. The topological polar surface area (TPSA) is 80.7 Å². The molecule has 20 heavy (non-hydrogen) atoms. The number of benzene rings is 1. The van der Waals surface area contributed by atoms with Crippen LogP contribution < -0.4 is 4.74 Å². The molecular formula is C12H12Cl2O5S. The maximum absolute atomic E-state index is 12.3. The fourth-order valence-electron chi connectivity index (χ4n) is 1.58. The first-order valence-electron chi connectivity index (χ1n) is 5.32. The Morgan fingerprint density at radius 3 is 2.50 bits per heavy atom. The van der Waals surface area contributed by atoms with Crippen LogP contribution in [0, 0.1) is 0 Å². The number of carboxylic acids is 1. The van der Waals surface area contributed by atoms with Crippen LogP contribution in [0.25, 0.3) is 0 Å². The van der Waals surface area contributed by atoms with Crippen molar-refractivity contribution in [3.8, 4) is 5.75 Å². The predicted octanol–water partition coefficient (Wildman–Crippen LogP) is 2.96. The first kappa shape index (κ1) is 16.8. The number of hydrogen-bond acceptors (Lipinski definition) is 4. The molecule has 0 heterocycles. The molecule has 0 aromatic heterocycles. The van der Waals surface area contributed by atoms with Gasteiger partial charge < -0.3 is 9.84 Å². The van der Waals surface area contributed by atoms with Crippen molar-refractivity contribution in [3.05, 3.63) is 33.8 Å². The SMILES string of the molecule is COc1c(C(=O)O)cc(Cl)cc1S(=O)(=O)CC(C)=CCl. The van der Waals surface area contributed by atoms with E-state index >= 15 is 0 Å². The summed E-state index contributed by atoms with van der Waals surface area (Å²) in [6.45, 7) is 1.54. The van der Waals surface area contributed by atoms with E-state index in [1.165, 1.54) is 7.11 Å². The summed E-state index contributed by atoms with van der Waals surface area (Å²) in [5.74, 6) is -1.93. The second-order valence-corrected chi connectivity index (χ2v) is 6.62. The Hall–Kier alpha value is -1.24. The van der Waals surface area contributed by atoms with Crippen molar-refractivity contribution in [2.24, 2.45) is 0 Å². The van der Waals surface area contributed by atoms with Gasteiger partial charge in [-0.3, -0.25) is 0 Å². The minimum absolute atomic E-state index is 0.00530. The maximum atomic E-state index is 12.3. The molecule has 0 radical (unpaired) electrons. The smallest absolute Gasteiger partial charge is 0.339 e. The van der Waals surface area contributed by atoms with Crippen molar-refractivity contribution in [2.75, 3.05) is 12.9 Å². The van der Waals surface area contributed by atoms with Crippen LogP contribution in [0.3, 0.4) is 0 Å². The van der Waals surface area contributed by atoms with Gasteiger partial charge in [-0.1, -0.05) is 23.2 Å². The van der Waals surface area contributed by atoms with E-state index in [4.69, 9.17) is 33.0 Å². The van der Waals surface area contributed by atoms with E-state index in [1.807, 2.05) is 0 Å². The molecular weight excluding hydrogens is 327 g/mol. The summed E-state index contributed by atoms with van der Waals surface area (Å²) >= 11 is 11.2. The van der Waals surface area contributed by atoms with Gasteiger partial charge in [-0.15, -0.1) is 0 Å². The summed E-state index contributed by atoms with van der Waals surface area (Å²) in [4.78, 5) is 10.8. The van der Waals surface area contributed by atoms with Crippen LogP contribution in [-0.4, -0.2) is 32.4 Å².